The van der Waals surface area contributed by atoms with Crippen molar-refractivity contribution in [1.29, 1.82) is 0 Å². The molecule has 1 aliphatic carbocycles. The second-order valence-corrected chi connectivity index (χ2v) is 6.69. The van der Waals surface area contributed by atoms with Crippen LogP contribution < -0.4 is 5.32 Å². The summed E-state index contributed by atoms with van der Waals surface area (Å²) in [5.41, 5.74) is 1.24. The molecule has 1 N–H and O–H groups in total. The van der Waals surface area contributed by atoms with Gasteiger partial charge < -0.3 is 10.2 Å². The lowest BCUT2D eigenvalue weighted by atomic mass is 10.1. The lowest BCUT2D eigenvalue weighted by molar-refractivity contribution is -0.133. The highest BCUT2D eigenvalue weighted by molar-refractivity contribution is 6.30. The Morgan fingerprint density at radius 2 is 1.95 bits per heavy atom. The SMILES string of the molecule is Cl.O=C(C1CCCN1)N(CCc1ccc(Cl)cc1)CC1CC1. The van der Waals surface area contributed by atoms with Gasteiger partial charge in [-0.15, -0.1) is 12.4 Å². The monoisotopic (exact) mass is 342 g/mol. The predicted octanol–water partition coefficient (Wildman–Crippen LogP) is 3.29. The summed E-state index contributed by atoms with van der Waals surface area (Å²) in [5.74, 6) is 1.04. The summed E-state index contributed by atoms with van der Waals surface area (Å²) in [4.78, 5) is 14.7. The molecular weight excluding hydrogens is 319 g/mol. The van der Waals surface area contributed by atoms with Crippen LogP contribution in [0.2, 0.25) is 5.02 Å². The third kappa shape index (κ3) is 4.87. The molecule has 122 valence electrons. The largest absolute Gasteiger partial charge is 0.341 e. The maximum absolute atomic E-state index is 12.6. The van der Waals surface area contributed by atoms with Gasteiger partial charge in [0.25, 0.3) is 0 Å². The highest BCUT2D eigenvalue weighted by Gasteiger charge is 2.31. The Hall–Kier alpha value is -0.770. The Bertz CT molecular complexity index is 482. The molecule has 1 saturated heterocycles. The third-order valence-corrected chi connectivity index (χ3v) is 4.68. The van der Waals surface area contributed by atoms with Crippen molar-refractivity contribution in [3.8, 4) is 0 Å². The van der Waals surface area contributed by atoms with Crippen molar-refractivity contribution >= 4 is 29.9 Å². The van der Waals surface area contributed by atoms with E-state index in [1.807, 2.05) is 12.1 Å². The second kappa shape index (κ2) is 8.19. The van der Waals surface area contributed by atoms with Gasteiger partial charge in [-0.2, -0.15) is 0 Å². The average Bonchev–Trinajstić information content (AvgIpc) is 3.14. The minimum absolute atomic E-state index is 0. The van der Waals surface area contributed by atoms with E-state index in [0.717, 1.165) is 49.8 Å². The Labute approximate surface area is 143 Å². The van der Waals surface area contributed by atoms with Crippen LogP contribution in [0.25, 0.3) is 0 Å². The van der Waals surface area contributed by atoms with Gasteiger partial charge in [-0.05, 0) is 62.3 Å². The number of rotatable bonds is 6. The zero-order valence-electron chi connectivity index (χ0n) is 12.8. The van der Waals surface area contributed by atoms with Crippen LogP contribution in [0, 0.1) is 5.92 Å². The van der Waals surface area contributed by atoms with Gasteiger partial charge in [0.1, 0.15) is 0 Å². The second-order valence-electron chi connectivity index (χ2n) is 6.25. The molecule has 2 aliphatic rings. The molecule has 22 heavy (non-hydrogen) atoms. The van der Waals surface area contributed by atoms with Crippen LogP contribution in [0.1, 0.15) is 31.2 Å². The summed E-state index contributed by atoms with van der Waals surface area (Å²) in [7, 11) is 0. The van der Waals surface area contributed by atoms with E-state index < -0.39 is 0 Å². The van der Waals surface area contributed by atoms with E-state index in [-0.39, 0.29) is 18.4 Å². The Balaban J connectivity index is 0.00000176. The van der Waals surface area contributed by atoms with Crippen LogP contribution in [0.5, 0.6) is 0 Å². The molecule has 1 saturated carbocycles. The van der Waals surface area contributed by atoms with Crippen LogP contribution in [0.4, 0.5) is 0 Å². The average molecular weight is 343 g/mol. The fourth-order valence-electron chi connectivity index (χ4n) is 2.93. The molecule has 1 amide bonds. The molecule has 5 heteroatoms. The Morgan fingerprint density at radius 3 is 2.55 bits per heavy atom. The third-order valence-electron chi connectivity index (χ3n) is 4.43. The van der Waals surface area contributed by atoms with Crippen molar-refractivity contribution in [2.24, 2.45) is 5.92 Å². The first-order chi connectivity index (χ1) is 10.2. The molecule has 0 radical (unpaired) electrons. The van der Waals surface area contributed by atoms with Gasteiger partial charge in [0.2, 0.25) is 5.91 Å². The maximum Gasteiger partial charge on any atom is 0.239 e. The zero-order chi connectivity index (χ0) is 14.7. The van der Waals surface area contributed by atoms with E-state index in [1.54, 1.807) is 0 Å². The van der Waals surface area contributed by atoms with Gasteiger partial charge in [0.05, 0.1) is 6.04 Å². The van der Waals surface area contributed by atoms with Crippen LogP contribution >= 0.6 is 24.0 Å². The van der Waals surface area contributed by atoms with Crippen molar-refractivity contribution < 1.29 is 4.79 Å². The van der Waals surface area contributed by atoms with E-state index in [2.05, 4.69) is 22.3 Å². The number of amides is 1. The fourth-order valence-corrected chi connectivity index (χ4v) is 3.06. The van der Waals surface area contributed by atoms with Crippen molar-refractivity contribution in [2.75, 3.05) is 19.6 Å². The minimum atomic E-state index is 0. The first kappa shape index (κ1) is 17.6. The Morgan fingerprint density at radius 1 is 1.23 bits per heavy atom. The molecule has 0 bridgehead atoms. The zero-order valence-corrected chi connectivity index (χ0v) is 14.3. The number of hydrogen-bond acceptors (Lipinski definition) is 2. The van der Waals surface area contributed by atoms with Crippen LogP contribution in [0.15, 0.2) is 24.3 Å². The van der Waals surface area contributed by atoms with E-state index >= 15 is 0 Å². The smallest absolute Gasteiger partial charge is 0.239 e. The van der Waals surface area contributed by atoms with E-state index in [4.69, 9.17) is 11.6 Å². The van der Waals surface area contributed by atoms with Crippen molar-refractivity contribution in [3.63, 3.8) is 0 Å². The number of carbonyl (C=O) groups excluding carboxylic acids is 1. The first-order valence-electron chi connectivity index (χ1n) is 7.99. The summed E-state index contributed by atoms with van der Waals surface area (Å²) in [6, 6.07) is 7.99. The van der Waals surface area contributed by atoms with Crippen LogP contribution in [0.3, 0.4) is 0 Å². The van der Waals surface area contributed by atoms with Crippen molar-refractivity contribution in [1.82, 2.24) is 10.2 Å². The first-order valence-corrected chi connectivity index (χ1v) is 8.37. The summed E-state index contributed by atoms with van der Waals surface area (Å²) < 4.78 is 0. The number of carbonyl (C=O) groups is 1. The van der Waals surface area contributed by atoms with E-state index in [9.17, 15) is 4.79 Å². The Kier molecular flexibility index (Phi) is 6.54. The van der Waals surface area contributed by atoms with Crippen molar-refractivity contribution in [3.05, 3.63) is 34.9 Å². The molecule has 0 aromatic heterocycles. The summed E-state index contributed by atoms with van der Waals surface area (Å²) in [6.07, 6.45) is 5.57. The standard InChI is InChI=1S/C17H23ClN2O.ClH/c18-15-7-5-13(6-8-15)9-11-20(12-14-3-4-14)17(21)16-2-1-10-19-16;/h5-8,14,16,19H,1-4,9-12H2;1H. The molecular formula is C17H24Cl2N2O. The molecule has 1 atom stereocenters. The topological polar surface area (TPSA) is 32.3 Å². The van der Waals surface area contributed by atoms with Crippen LogP contribution in [-0.2, 0) is 11.2 Å². The van der Waals surface area contributed by atoms with Gasteiger partial charge in [-0.1, -0.05) is 23.7 Å². The molecule has 1 heterocycles. The number of benzene rings is 1. The lowest BCUT2D eigenvalue weighted by Crippen LogP contribution is -2.45. The maximum atomic E-state index is 12.6. The van der Waals surface area contributed by atoms with Gasteiger partial charge in [0.15, 0.2) is 0 Å². The van der Waals surface area contributed by atoms with Gasteiger partial charge in [-0.25, -0.2) is 0 Å². The van der Waals surface area contributed by atoms with E-state index in [1.165, 1.54) is 18.4 Å². The quantitative estimate of drug-likeness (QED) is 0.860. The molecule has 1 aromatic carbocycles. The molecule has 2 fully saturated rings. The number of nitrogens with one attached hydrogen (secondary N) is 1. The molecule has 0 spiro atoms. The highest BCUT2D eigenvalue weighted by Crippen LogP contribution is 2.30. The molecule has 1 unspecified atom stereocenters. The van der Waals surface area contributed by atoms with Gasteiger partial charge >= 0.3 is 0 Å². The summed E-state index contributed by atoms with van der Waals surface area (Å²) in [6.45, 7) is 2.73. The van der Waals surface area contributed by atoms with Gasteiger partial charge in [-0.3, -0.25) is 4.79 Å². The normalized spacial score (nSPS) is 20.5. The number of halogens is 2. The molecule has 1 aromatic rings. The number of nitrogens with zero attached hydrogens (tertiary/aromatic N) is 1. The van der Waals surface area contributed by atoms with Crippen LogP contribution in [-0.4, -0.2) is 36.5 Å². The van der Waals surface area contributed by atoms with Gasteiger partial charge in [0, 0.05) is 18.1 Å². The van der Waals surface area contributed by atoms with E-state index in [0.29, 0.717) is 5.91 Å². The van der Waals surface area contributed by atoms with Crippen molar-refractivity contribution in [2.45, 2.75) is 38.1 Å². The summed E-state index contributed by atoms with van der Waals surface area (Å²) in [5, 5.41) is 4.09. The molecule has 3 nitrogen and oxygen atoms in total. The summed E-state index contributed by atoms with van der Waals surface area (Å²) >= 11 is 5.92. The fraction of sp³-hybridized carbons (Fsp3) is 0.588. The molecule has 1 aliphatic heterocycles. The predicted molar refractivity (Wildman–Crippen MR) is 92.7 cm³/mol. The lowest BCUT2D eigenvalue weighted by Gasteiger charge is -2.26. The molecule has 3 rings (SSSR count). The highest BCUT2D eigenvalue weighted by atomic mass is 35.5. The number of hydrogen-bond donors (Lipinski definition) is 1. The minimum Gasteiger partial charge on any atom is -0.341 e.